The number of hydrogen-bond donors (Lipinski definition) is 1. The molecular weight excluding hydrogens is 250 g/mol. The zero-order chi connectivity index (χ0) is 14.4. The molecule has 0 aromatic heterocycles. The second kappa shape index (κ2) is 7.29. The third-order valence-corrected chi connectivity index (χ3v) is 3.90. The third kappa shape index (κ3) is 4.53. The number of carbonyl (C=O) groups is 1. The lowest BCUT2D eigenvalue weighted by Crippen LogP contribution is -2.39. The van der Waals surface area contributed by atoms with Crippen molar-refractivity contribution in [3.63, 3.8) is 0 Å². The Labute approximate surface area is 121 Å². The molecule has 2 N–H and O–H groups in total. The molecule has 110 valence electrons. The topological polar surface area (TPSA) is 49.6 Å². The highest BCUT2D eigenvalue weighted by molar-refractivity contribution is 5.71. The van der Waals surface area contributed by atoms with Gasteiger partial charge in [0, 0.05) is 26.2 Å². The fourth-order valence-electron chi connectivity index (χ4n) is 2.90. The van der Waals surface area contributed by atoms with E-state index in [0.717, 1.165) is 45.6 Å². The van der Waals surface area contributed by atoms with Crippen LogP contribution in [0.4, 0.5) is 4.79 Å². The fourth-order valence-corrected chi connectivity index (χ4v) is 2.90. The Kier molecular flexibility index (Phi) is 5.41. The van der Waals surface area contributed by atoms with Crippen molar-refractivity contribution in [3.8, 4) is 0 Å². The van der Waals surface area contributed by atoms with Crippen LogP contribution in [0.25, 0.3) is 0 Å². The first kappa shape index (κ1) is 14.9. The molecule has 1 aliphatic heterocycles. The molecule has 4 nitrogen and oxygen atoms in total. The van der Waals surface area contributed by atoms with E-state index in [9.17, 15) is 4.79 Å². The van der Waals surface area contributed by atoms with Gasteiger partial charge in [0.1, 0.15) is 0 Å². The van der Waals surface area contributed by atoms with E-state index in [-0.39, 0.29) is 6.03 Å². The molecule has 4 heteroatoms. The number of hydrogen-bond acceptors (Lipinski definition) is 2. The molecule has 2 rings (SSSR count). The standard InChI is InChI=1S/C16H25N3O/c1-14(12-15-6-3-2-4-7-15)13-18-8-5-9-19(11-10-18)16(17)20/h2-4,6-7,14H,5,8-13H2,1H3,(H2,17,20)/t14-/m1/s1. The van der Waals surface area contributed by atoms with Gasteiger partial charge in [0.2, 0.25) is 0 Å². The molecule has 1 saturated heterocycles. The van der Waals surface area contributed by atoms with Crippen LogP contribution in [0, 0.1) is 5.92 Å². The third-order valence-electron chi connectivity index (χ3n) is 3.90. The summed E-state index contributed by atoms with van der Waals surface area (Å²) in [5.41, 5.74) is 6.75. The predicted molar refractivity (Wildman–Crippen MR) is 81.5 cm³/mol. The number of urea groups is 1. The Bertz CT molecular complexity index is 421. The quantitative estimate of drug-likeness (QED) is 0.913. The minimum Gasteiger partial charge on any atom is -0.351 e. The van der Waals surface area contributed by atoms with Gasteiger partial charge in [0.25, 0.3) is 0 Å². The molecule has 1 atom stereocenters. The van der Waals surface area contributed by atoms with Gasteiger partial charge in [-0.25, -0.2) is 4.79 Å². The lowest BCUT2D eigenvalue weighted by atomic mass is 10.0. The van der Waals surface area contributed by atoms with Crippen LogP contribution in [0.5, 0.6) is 0 Å². The number of nitrogens with two attached hydrogens (primary N) is 1. The van der Waals surface area contributed by atoms with Crippen LogP contribution in [0.3, 0.4) is 0 Å². The summed E-state index contributed by atoms with van der Waals surface area (Å²) in [4.78, 5) is 15.4. The Morgan fingerprint density at radius 3 is 2.65 bits per heavy atom. The highest BCUT2D eigenvalue weighted by Gasteiger charge is 2.18. The lowest BCUT2D eigenvalue weighted by Gasteiger charge is -2.24. The smallest absolute Gasteiger partial charge is 0.314 e. The predicted octanol–water partition coefficient (Wildman–Crippen LogP) is 1.95. The van der Waals surface area contributed by atoms with Gasteiger partial charge in [-0.1, -0.05) is 37.3 Å². The van der Waals surface area contributed by atoms with Gasteiger partial charge < -0.3 is 15.5 Å². The van der Waals surface area contributed by atoms with E-state index < -0.39 is 0 Å². The number of amides is 2. The van der Waals surface area contributed by atoms with E-state index >= 15 is 0 Å². The van der Waals surface area contributed by atoms with Crippen molar-refractivity contribution >= 4 is 6.03 Å². The average Bonchev–Trinajstić information content (AvgIpc) is 2.65. The molecule has 0 spiro atoms. The van der Waals surface area contributed by atoms with E-state index in [1.165, 1.54) is 5.56 Å². The van der Waals surface area contributed by atoms with Crippen molar-refractivity contribution in [1.29, 1.82) is 0 Å². The molecular formula is C16H25N3O. The zero-order valence-electron chi connectivity index (χ0n) is 12.3. The first-order valence-corrected chi connectivity index (χ1v) is 7.46. The molecule has 20 heavy (non-hydrogen) atoms. The van der Waals surface area contributed by atoms with Crippen molar-refractivity contribution in [2.75, 3.05) is 32.7 Å². The molecule has 2 amide bonds. The summed E-state index contributed by atoms with van der Waals surface area (Å²) in [7, 11) is 0. The number of rotatable bonds is 4. The van der Waals surface area contributed by atoms with E-state index in [0.29, 0.717) is 5.92 Å². The Hall–Kier alpha value is -1.55. The van der Waals surface area contributed by atoms with Crippen LogP contribution < -0.4 is 5.73 Å². The van der Waals surface area contributed by atoms with Crippen LogP contribution in [0.15, 0.2) is 30.3 Å². The van der Waals surface area contributed by atoms with Gasteiger partial charge >= 0.3 is 6.03 Å². The average molecular weight is 275 g/mol. The van der Waals surface area contributed by atoms with Crippen molar-refractivity contribution in [2.24, 2.45) is 11.7 Å². The molecule has 0 saturated carbocycles. The maximum Gasteiger partial charge on any atom is 0.314 e. The highest BCUT2D eigenvalue weighted by Crippen LogP contribution is 2.11. The normalized spacial score (nSPS) is 18.6. The van der Waals surface area contributed by atoms with Crippen molar-refractivity contribution in [2.45, 2.75) is 19.8 Å². The second-order valence-electron chi connectivity index (χ2n) is 5.77. The summed E-state index contributed by atoms with van der Waals surface area (Å²) in [5, 5.41) is 0. The Morgan fingerprint density at radius 2 is 1.95 bits per heavy atom. The van der Waals surface area contributed by atoms with Gasteiger partial charge in [-0.05, 0) is 30.9 Å². The molecule has 1 aromatic carbocycles. The Balaban J connectivity index is 1.79. The summed E-state index contributed by atoms with van der Waals surface area (Å²) in [6.07, 6.45) is 2.12. The van der Waals surface area contributed by atoms with Gasteiger partial charge in [-0.3, -0.25) is 0 Å². The summed E-state index contributed by atoms with van der Waals surface area (Å²) in [5.74, 6) is 0.623. The zero-order valence-corrected chi connectivity index (χ0v) is 12.3. The van der Waals surface area contributed by atoms with E-state index in [1.807, 2.05) is 0 Å². The highest BCUT2D eigenvalue weighted by atomic mass is 16.2. The molecule has 0 aliphatic carbocycles. The van der Waals surface area contributed by atoms with Crippen LogP contribution in [-0.4, -0.2) is 48.6 Å². The number of carbonyl (C=O) groups excluding carboxylic acids is 1. The van der Waals surface area contributed by atoms with Crippen LogP contribution in [-0.2, 0) is 6.42 Å². The van der Waals surface area contributed by atoms with E-state index in [2.05, 4.69) is 42.2 Å². The van der Waals surface area contributed by atoms with Crippen molar-refractivity contribution in [3.05, 3.63) is 35.9 Å². The maximum atomic E-state index is 11.2. The molecule has 1 fully saturated rings. The monoisotopic (exact) mass is 275 g/mol. The minimum absolute atomic E-state index is 0.288. The maximum absolute atomic E-state index is 11.2. The molecule has 0 unspecified atom stereocenters. The number of primary amides is 1. The first-order chi connectivity index (χ1) is 9.65. The van der Waals surface area contributed by atoms with E-state index in [4.69, 9.17) is 5.73 Å². The van der Waals surface area contributed by atoms with Crippen molar-refractivity contribution in [1.82, 2.24) is 9.80 Å². The number of benzene rings is 1. The molecule has 1 heterocycles. The lowest BCUT2D eigenvalue weighted by molar-refractivity contribution is 0.205. The fraction of sp³-hybridized carbons (Fsp3) is 0.562. The number of nitrogens with zero attached hydrogens (tertiary/aromatic N) is 2. The molecule has 1 aromatic rings. The molecule has 0 bridgehead atoms. The SMILES string of the molecule is C[C@H](Cc1ccccc1)CN1CCCN(C(N)=O)CC1. The Morgan fingerprint density at radius 1 is 1.20 bits per heavy atom. The summed E-state index contributed by atoms with van der Waals surface area (Å²) in [6.45, 7) is 6.92. The summed E-state index contributed by atoms with van der Waals surface area (Å²) in [6, 6.07) is 10.3. The summed E-state index contributed by atoms with van der Waals surface area (Å²) < 4.78 is 0. The largest absolute Gasteiger partial charge is 0.351 e. The van der Waals surface area contributed by atoms with E-state index in [1.54, 1.807) is 4.90 Å². The molecule has 0 radical (unpaired) electrons. The van der Waals surface area contributed by atoms with Gasteiger partial charge in [-0.2, -0.15) is 0 Å². The minimum atomic E-state index is -0.288. The van der Waals surface area contributed by atoms with Gasteiger partial charge in [0.15, 0.2) is 0 Å². The van der Waals surface area contributed by atoms with Gasteiger partial charge in [-0.15, -0.1) is 0 Å². The van der Waals surface area contributed by atoms with Crippen molar-refractivity contribution < 1.29 is 4.79 Å². The van der Waals surface area contributed by atoms with Crippen LogP contribution in [0.2, 0.25) is 0 Å². The van der Waals surface area contributed by atoms with Crippen LogP contribution in [0.1, 0.15) is 18.9 Å². The first-order valence-electron chi connectivity index (χ1n) is 7.46. The summed E-state index contributed by atoms with van der Waals surface area (Å²) >= 11 is 0. The van der Waals surface area contributed by atoms with Gasteiger partial charge in [0.05, 0.1) is 0 Å². The molecule has 1 aliphatic rings. The second-order valence-corrected chi connectivity index (χ2v) is 5.77. The van der Waals surface area contributed by atoms with Crippen LogP contribution >= 0.6 is 0 Å².